The standard InChI is InChI=1S/C22H29N3O2S/c1-3-12-23(13-4-2)14-15-24-16-18-25(19-17-24)28(26,27)22-11-7-9-20-8-5-6-10-21(20)22/h3-11H,1-2,12-19H2. The molecule has 0 aromatic heterocycles. The second kappa shape index (κ2) is 9.47. The molecule has 0 radical (unpaired) electrons. The van der Waals surface area contributed by atoms with Gasteiger partial charge in [0.05, 0.1) is 4.90 Å². The van der Waals surface area contributed by atoms with Crippen molar-refractivity contribution in [3.8, 4) is 0 Å². The zero-order valence-electron chi connectivity index (χ0n) is 16.3. The molecule has 6 heteroatoms. The first kappa shape index (κ1) is 20.7. The summed E-state index contributed by atoms with van der Waals surface area (Å²) >= 11 is 0. The Balaban J connectivity index is 1.64. The zero-order chi connectivity index (χ0) is 20.0. The second-order valence-corrected chi connectivity index (χ2v) is 8.97. The Morgan fingerprint density at radius 2 is 1.57 bits per heavy atom. The van der Waals surface area contributed by atoms with E-state index in [0.29, 0.717) is 18.0 Å². The third kappa shape index (κ3) is 4.70. The molecule has 1 fully saturated rings. The Morgan fingerprint density at radius 3 is 2.25 bits per heavy atom. The smallest absolute Gasteiger partial charge is 0.243 e. The van der Waals surface area contributed by atoms with Crippen molar-refractivity contribution in [2.75, 3.05) is 52.4 Å². The normalized spacial score (nSPS) is 16.5. The van der Waals surface area contributed by atoms with Crippen LogP contribution in [0.3, 0.4) is 0 Å². The predicted molar refractivity (Wildman–Crippen MR) is 116 cm³/mol. The molecule has 2 aromatic carbocycles. The number of sulfonamides is 1. The van der Waals surface area contributed by atoms with Gasteiger partial charge in [-0.2, -0.15) is 4.31 Å². The number of nitrogens with zero attached hydrogens (tertiary/aromatic N) is 3. The van der Waals surface area contributed by atoms with E-state index in [4.69, 9.17) is 0 Å². The summed E-state index contributed by atoms with van der Waals surface area (Å²) < 4.78 is 28.1. The average Bonchev–Trinajstić information content (AvgIpc) is 2.72. The lowest BCUT2D eigenvalue weighted by molar-refractivity contribution is 0.168. The van der Waals surface area contributed by atoms with Gasteiger partial charge in [0.1, 0.15) is 0 Å². The SMILES string of the molecule is C=CCN(CC=C)CCN1CCN(S(=O)(=O)c2cccc3ccccc23)CC1. The van der Waals surface area contributed by atoms with Crippen LogP contribution < -0.4 is 0 Å². The highest BCUT2D eigenvalue weighted by atomic mass is 32.2. The number of fused-ring (bicyclic) bond motifs is 1. The minimum Gasteiger partial charge on any atom is -0.299 e. The van der Waals surface area contributed by atoms with Crippen LogP contribution in [0.25, 0.3) is 10.8 Å². The third-order valence-corrected chi connectivity index (χ3v) is 7.16. The van der Waals surface area contributed by atoms with Crippen molar-refractivity contribution in [3.63, 3.8) is 0 Å². The molecule has 1 saturated heterocycles. The summed E-state index contributed by atoms with van der Waals surface area (Å²) in [4.78, 5) is 5.01. The fourth-order valence-electron chi connectivity index (χ4n) is 3.66. The fourth-order valence-corrected chi connectivity index (χ4v) is 5.29. The van der Waals surface area contributed by atoms with Crippen molar-refractivity contribution >= 4 is 20.8 Å². The van der Waals surface area contributed by atoms with Crippen molar-refractivity contribution in [2.45, 2.75) is 4.90 Å². The Bertz CT molecular complexity index is 903. The van der Waals surface area contributed by atoms with E-state index in [2.05, 4.69) is 23.0 Å². The number of benzene rings is 2. The molecule has 0 bridgehead atoms. The third-order valence-electron chi connectivity index (χ3n) is 5.21. The summed E-state index contributed by atoms with van der Waals surface area (Å²) in [5.41, 5.74) is 0. The Labute approximate surface area is 168 Å². The van der Waals surface area contributed by atoms with Gasteiger partial charge in [0.15, 0.2) is 0 Å². The highest BCUT2D eigenvalue weighted by Gasteiger charge is 2.29. The summed E-state index contributed by atoms with van der Waals surface area (Å²) in [6.45, 7) is 13.7. The van der Waals surface area contributed by atoms with Gasteiger partial charge < -0.3 is 0 Å². The molecule has 5 nitrogen and oxygen atoms in total. The molecule has 0 saturated carbocycles. The largest absolute Gasteiger partial charge is 0.299 e. The molecule has 150 valence electrons. The van der Waals surface area contributed by atoms with Gasteiger partial charge >= 0.3 is 0 Å². The van der Waals surface area contributed by atoms with Gasteiger partial charge in [0, 0.05) is 57.7 Å². The van der Waals surface area contributed by atoms with Gasteiger partial charge in [0.25, 0.3) is 0 Å². The molecule has 28 heavy (non-hydrogen) atoms. The maximum Gasteiger partial charge on any atom is 0.243 e. The minimum atomic E-state index is -3.49. The molecule has 0 N–H and O–H groups in total. The van der Waals surface area contributed by atoms with E-state index in [0.717, 1.165) is 50.0 Å². The molecule has 0 atom stereocenters. The predicted octanol–water partition coefficient (Wildman–Crippen LogP) is 2.82. The molecule has 1 aliphatic heterocycles. The maximum absolute atomic E-state index is 13.2. The molecule has 0 aliphatic carbocycles. The molecule has 0 amide bonds. The molecule has 2 aromatic rings. The lowest BCUT2D eigenvalue weighted by Crippen LogP contribution is -2.50. The van der Waals surface area contributed by atoms with Gasteiger partial charge in [-0.25, -0.2) is 8.42 Å². The highest BCUT2D eigenvalue weighted by molar-refractivity contribution is 7.89. The van der Waals surface area contributed by atoms with Gasteiger partial charge in [-0.05, 0) is 11.5 Å². The summed E-state index contributed by atoms with van der Waals surface area (Å²) in [6.07, 6.45) is 3.80. The summed E-state index contributed by atoms with van der Waals surface area (Å²) in [6, 6.07) is 13.1. The van der Waals surface area contributed by atoms with Crippen molar-refractivity contribution in [1.82, 2.24) is 14.1 Å². The van der Waals surface area contributed by atoms with Gasteiger partial charge in [-0.3, -0.25) is 9.80 Å². The Hall–Kier alpha value is -1.99. The first-order valence-corrected chi connectivity index (χ1v) is 11.1. The summed E-state index contributed by atoms with van der Waals surface area (Å²) in [7, 11) is -3.49. The van der Waals surface area contributed by atoms with Gasteiger partial charge in [-0.15, -0.1) is 13.2 Å². The van der Waals surface area contributed by atoms with E-state index >= 15 is 0 Å². The molecule has 0 unspecified atom stereocenters. The molecular formula is C22H29N3O2S. The van der Waals surface area contributed by atoms with E-state index in [-0.39, 0.29) is 0 Å². The van der Waals surface area contributed by atoms with Crippen LogP contribution in [0.2, 0.25) is 0 Å². The number of rotatable bonds is 9. The number of hydrogen-bond donors (Lipinski definition) is 0. The zero-order valence-corrected chi connectivity index (χ0v) is 17.2. The van der Waals surface area contributed by atoms with Crippen LogP contribution in [0.1, 0.15) is 0 Å². The first-order valence-electron chi connectivity index (χ1n) is 9.70. The average molecular weight is 400 g/mol. The van der Waals surface area contributed by atoms with Gasteiger partial charge in [-0.1, -0.05) is 48.6 Å². The van der Waals surface area contributed by atoms with Crippen LogP contribution in [-0.4, -0.2) is 74.9 Å². The molecule has 1 aliphatic rings. The van der Waals surface area contributed by atoms with Crippen LogP contribution in [0.15, 0.2) is 72.7 Å². The maximum atomic E-state index is 13.2. The van der Waals surface area contributed by atoms with E-state index < -0.39 is 10.0 Å². The van der Waals surface area contributed by atoms with E-state index in [1.54, 1.807) is 10.4 Å². The minimum absolute atomic E-state index is 0.405. The van der Waals surface area contributed by atoms with Crippen molar-refractivity contribution in [3.05, 3.63) is 67.8 Å². The Morgan fingerprint density at radius 1 is 0.929 bits per heavy atom. The lowest BCUT2D eigenvalue weighted by Gasteiger charge is -2.35. The Kier molecular flexibility index (Phi) is 7.02. The van der Waals surface area contributed by atoms with Crippen LogP contribution in [0.4, 0.5) is 0 Å². The van der Waals surface area contributed by atoms with Crippen LogP contribution in [0, 0.1) is 0 Å². The topological polar surface area (TPSA) is 43.9 Å². The summed E-state index contributed by atoms with van der Waals surface area (Å²) in [5, 5.41) is 1.74. The van der Waals surface area contributed by atoms with Crippen molar-refractivity contribution < 1.29 is 8.42 Å². The molecular weight excluding hydrogens is 370 g/mol. The molecule has 3 rings (SSSR count). The molecule has 1 heterocycles. The van der Waals surface area contributed by atoms with Crippen LogP contribution in [0.5, 0.6) is 0 Å². The van der Waals surface area contributed by atoms with Crippen molar-refractivity contribution in [2.24, 2.45) is 0 Å². The van der Waals surface area contributed by atoms with E-state index in [9.17, 15) is 8.42 Å². The van der Waals surface area contributed by atoms with E-state index in [1.807, 2.05) is 48.6 Å². The van der Waals surface area contributed by atoms with Crippen molar-refractivity contribution in [1.29, 1.82) is 0 Å². The van der Waals surface area contributed by atoms with Gasteiger partial charge in [0.2, 0.25) is 10.0 Å². The van der Waals surface area contributed by atoms with E-state index in [1.165, 1.54) is 0 Å². The lowest BCUT2D eigenvalue weighted by atomic mass is 10.1. The monoisotopic (exact) mass is 399 g/mol. The van der Waals surface area contributed by atoms with Crippen LogP contribution in [-0.2, 0) is 10.0 Å². The number of piperazine rings is 1. The number of hydrogen-bond acceptors (Lipinski definition) is 4. The second-order valence-electron chi connectivity index (χ2n) is 7.06. The quantitative estimate of drug-likeness (QED) is 0.608. The van der Waals surface area contributed by atoms with Crippen LogP contribution >= 0.6 is 0 Å². The highest BCUT2D eigenvalue weighted by Crippen LogP contribution is 2.26. The molecule has 0 spiro atoms. The fraction of sp³-hybridized carbons (Fsp3) is 0.364. The first-order chi connectivity index (χ1) is 13.6. The summed E-state index contributed by atoms with van der Waals surface area (Å²) in [5.74, 6) is 0.